The van der Waals surface area contributed by atoms with Crippen LogP contribution in [0.2, 0.25) is 0 Å². The van der Waals surface area contributed by atoms with E-state index in [-0.39, 0.29) is 24.4 Å². The van der Waals surface area contributed by atoms with Gasteiger partial charge in [0, 0.05) is 56.6 Å². The molecule has 0 N–H and O–H groups in total. The molecule has 0 saturated heterocycles. The van der Waals surface area contributed by atoms with Crippen molar-refractivity contribution in [3.05, 3.63) is 70.8 Å². The lowest BCUT2D eigenvalue weighted by Gasteiger charge is -2.32. The molecule has 1 aliphatic rings. The van der Waals surface area contributed by atoms with Crippen LogP contribution in [0.15, 0.2) is 48.5 Å². The van der Waals surface area contributed by atoms with Crippen LogP contribution in [0.25, 0.3) is 21.5 Å². The molecule has 0 saturated carbocycles. The Hall–Kier alpha value is -3.40. The molecule has 0 radical (unpaired) electrons. The highest BCUT2D eigenvalue weighted by Gasteiger charge is 2.33. The smallest absolute Gasteiger partial charge is 0.131 e. The van der Waals surface area contributed by atoms with E-state index in [1.165, 1.54) is 22.3 Å². The maximum absolute atomic E-state index is 6.58. The van der Waals surface area contributed by atoms with Gasteiger partial charge < -0.3 is 18.9 Å². The van der Waals surface area contributed by atoms with Crippen LogP contribution in [0.5, 0.6) is 23.0 Å². The number of hydrogen-bond donors (Lipinski definition) is 0. The van der Waals surface area contributed by atoms with Crippen LogP contribution in [0.4, 0.5) is 0 Å². The Morgan fingerprint density at radius 3 is 0.789 bits per heavy atom. The van der Waals surface area contributed by atoms with Crippen molar-refractivity contribution >= 4 is 21.5 Å². The first-order valence-corrected chi connectivity index (χ1v) is 13.9. The zero-order valence-corrected chi connectivity index (χ0v) is 24.0. The summed E-state index contributed by atoms with van der Waals surface area (Å²) in [5.41, 5.74) is 4.72. The zero-order valence-electron chi connectivity index (χ0n) is 24.0. The Kier molecular flexibility index (Phi) is 7.17. The van der Waals surface area contributed by atoms with Crippen molar-refractivity contribution in [2.75, 3.05) is 0 Å². The van der Waals surface area contributed by atoms with Crippen molar-refractivity contribution in [3.8, 4) is 23.0 Å². The van der Waals surface area contributed by atoms with Crippen LogP contribution < -0.4 is 18.9 Å². The van der Waals surface area contributed by atoms with E-state index in [9.17, 15) is 0 Å². The second kappa shape index (κ2) is 10.4. The second-order valence-electron chi connectivity index (χ2n) is 11.3. The minimum atomic E-state index is 0.0450. The Labute approximate surface area is 226 Å². The largest absolute Gasteiger partial charge is 0.490 e. The molecule has 0 amide bonds. The summed E-state index contributed by atoms with van der Waals surface area (Å²) in [6.07, 6.45) is 1.56. The van der Waals surface area contributed by atoms with Crippen LogP contribution >= 0.6 is 0 Å². The van der Waals surface area contributed by atoms with E-state index in [0.717, 1.165) is 44.5 Å². The molecule has 0 fully saturated rings. The standard InChI is InChI=1S/C34H40O4/c1-19(2)35-31-23-13-9-10-14-24(23)32(36-20(3)4)28-18-30-29(17-27(28)31)33(37-21(5)6)25-15-11-12-16-26(25)34(30)38-22(7)8/h9-16,19-22H,17-18H2,1-8H3. The van der Waals surface area contributed by atoms with Crippen LogP contribution in [-0.4, -0.2) is 24.4 Å². The normalized spacial score (nSPS) is 12.9. The first-order valence-electron chi connectivity index (χ1n) is 13.9. The number of rotatable bonds is 8. The summed E-state index contributed by atoms with van der Waals surface area (Å²) >= 11 is 0. The van der Waals surface area contributed by atoms with Crippen LogP contribution in [0.3, 0.4) is 0 Å². The summed E-state index contributed by atoms with van der Waals surface area (Å²) in [4.78, 5) is 0. The van der Waals surface area contributed by atoms with E-state index in [4.69, 9.17) is 18.9 Å². The third-order valence-electron chi connectivity index (χ3n) is 6.78. The molecule has 0 bridgehead atoms. The summed E-state index contributed by atoms with van der Waals surface area (Å²) in [5.74, 6) is 3.79. The van der Waals surface area contributed by atoms with Gasteiger partial charge in [-0.3, -0.25) is 0 Å². The molecule has 4 heteroatoms. The van der Waals surface area contributed by atoms with Crippen molar-refractivity contribution < 1.29 is 18.9 Å². The molecule has 5 rings (SSSR count). The average molecular weight is 513 g/mol. The molecule has 0 atom stereocenters. The maximum Gasteiger partial charge on any atom is 0.131 e. The van der Waals surface area contributed by atoms with Gasteiger partial charge in [0.25, 0.3) is 0 Å². The van der Waals surface area contributed by atoms with Gasteiger partial charge in [0.1, 0.15) is 23.0 Å². The highest BCUT2D eigenvalue weighted by atomic mass is 16.5. The molecule has 0 aliphatic heterocycles. The van der Waals surface area contributed by atoms with Gasteiger partial charge in [-0.15, -0.1) is 0 Å². The Bertz CT molecular complexity index is 1260. The minimum Gasteiger partial charge on any atom is -0.490 e. The van der Waals surface area contributed by atoms with E-state index < -0.39 is 0 Å². The van der Waals surface area contributed by atoms with Gasteiger partial charge >= 0.3 is 0 Å². The molecule has 38 heavy (non-hydrogen) atoms. The lowest BCUT2D eigenvalue weighted by molar-refractivity contribution is 0.231. The van der Waals surface area contributed by atoms with Gasteiger partial charge in [-0.1, -0.05) is 48.5 Å². The molecule has 200 valence electrons. The zero-order chi connectivity index (χ0) is 27.1. The number of hydrogen-bond acceptors (Lipinski definition) is 4. The fourth-order valence-electron chi connectivity index (χ4n) is 5.54. The monoisotopic (exact) mass is 512 g/mol. The summed E-state index contributed by atoms with van der Waals surface area (Å²) in [5, 5.41) is 4.35. The Morgan fingerprint density at radius 1 is 0.395 bits per heavy atom. The van der Waals surface area contributed by atoms with E-state index in [1.807, 2.05) is 0 Å². The van der Waals surface area contributed by atoms with E-state index in [1.54, 1.807) is 0 Å². The summed E-state index contributed by atoms with van der Waals surface area (Å²) in [6.45, 7) is 16.7. The van der Waals surface area contributed by atoms with Gasteiger partial charge in [0.2, 0.25) is 0 Å². The predicted octanol–water partition coefficient (Wildman–Crippen LogP) is 8.64. The topological polar surface area (TPSA) is 36.9 Å². The Balaban J connectivity index is 1.87. The number of benzene rings is 4. The molecular formula is C34H40O4. The molecule has 1 aliphatic carbocycles. The average Bonchev–Trinajstić information content (AvgIpc) is 2.86. The molecule has 0 spiro atoms. The second-order valence-corrected chi connectivity index (χ2v) is 11.3. The van der Waals surface area contributed by atoms with Crippen LogP contribution in [-0.2, 0) is 12.8 Å². The predicted molar refractivity (Wildman–Crippen MR) is 157 cm³/mol. The maximum atomic E-state index is 6.58. The van der Waals surface area contributed by atoms with Gasteiger partial charge in [0.15, 0.2) is 0 Å². The van der Waals surface area contributed by atoms with E-state index >= 15 is 0 Å². The summed E-state index contributed by atoms with van der Waals surface area (Å²) < 4.78 is 26.3. The molecule has 4 aromatic carbocycles. The molecule has 0 aromatic heterocycles. The van der Waals surface area contributed by atoms with Crippen molar-refractivity contribution in [1.82, 2.24) is 0 Å². The van der Waals surface area contributed by atoms with Gasteiger partial charge in [-0.25, -0.2) is 0 Å². The third-order valence-corrected chi connectivity index (χ3v) is 6.78. The Morgan fingerprint density at radius 2 is 0.605 bits per heavy atom. The van der Waals surface area contributed by atoms with Crippen molar-refractivity contribution in [2.24, 2.45) is 0 Å². The summed E-state index contributed by atoms with van der Waals surface area (Å²) in [7, 11) is 0. The lowest BCUT2D eigenvalue weighted by atomic mass is 9.80. The molecule has 4 aromatic rings. The van der Waals surface area contributed by atoms with Gasteiger partial charge in [-0.2, -0.15) is 0 Å². The number of fused-ring (bicyclic) bond motifs is 4. The highest BCUT2D eigenvalue weighted by molar-refractivity contribution is 5.99. The number of ether oxygens (including phenoxy) is 4. The van der Waals surface area contributed by atoms with Gasteiger partial charge in [0.05, 0.1) is 24.4 Å². The van der Waals surface area contributed by atoms with Crippen molar-refractivity contribution in [2.45, 2.75) is 92.6 Å². The quantitative estimate of drug-likeness (QED) is 0.208. The van der Waals surface area contributed by atoms with Crippen LogP contribution in [0, 0.1) is 0 Å². The van der Waals surface area contributed by atoms with E-state index in [0.29, 0.717) is 12.8 Å². The molecular weight excluding hydrogens is 472 g/mol. The SMILES string of the molecule is CC(C)Oc1c2c(c(OC(C)C)c3ccccc13)Cc1c(c(OC(C)C)c3ccccc3c1OC(C)C)C2. The fraction of sp³-hybridized carbons (Fsp3) is 0.412. The lowest BCUT2D eigenvalue weighted by Crippen LogP contribution is -2.20. The molecule has 4 nitrogen and oxygen atoms in total. The van der Waals surface area contributed by atoms with Gasteiger partial charge in [-0.05, 0) is 55.4 Å². The first-order chi connectivity index (χ1) is 18.2. The van der Waals surface area contributed by atoms with Crippen LogP contribution in [0.1, 0.15) is 77.6 Å². The fourth-order valence-corrected chi connectivity index (χ4v) is 5.54. The van der Waals surface area contributed by atoms with Crippen molar-refractivity contribution in [3.63, 3.8) is 0 Å². The molecule has 0 heterocycles. The van der Waals surface area contributed by atoms with Crippen molar-refractivity contribution in [1.29, 1.82) is 0 Å². The highest BCUT2D eigenvalue weighted by Crippen LogP contribution is 2.52. The summed E-state index contributed by atoms with van der Waals surface area (Å²) in [6, 6.07) is 16.9. The first kappa shape index (κ1) is 26.2. The third kappa shape index (κ3) is 4.77. The minimum absolute atomic E-state index is 0.0450. The van der Waals surface area contributed by atoms with E-state index in [2.05, 4.69) is 104 Å². The molecule has 0 unspecified atom stereocenters.